The minimum atomic E-state index is -0.0863. The molecule has 7 aromatic rings. The fourth-order valence-electron chi connectivity index (χ4n) is 7.41. The summed E-state index contributed by atoms with van der Waals surface area (Å²) in [6.07, 6.45) is 0. The van der Waals surface area contributed by atoms with Gasteiger partial charge in [0.25, 0.3) is 0 Å². The van der Waals surface area contributed by atoms with Gasteiger partial charge in [0.2, 0.25) is 0 Å². The second-order valence-corrected chi connectivity index (χ2v) is 11.9. The number of benzene rings is 6. The molecule has 0 radical (unpaired) electrons. The van der Waals surface area contributed by atoms with Crippen molar-refractivity contribution in [3.05, 3.63) is 139 Å². The lowest BCUT2D eigenvalue weighted by Gasteiger charge is -2.24. The standard InChI is InChI=1S/C39H28N2/c1-39(2)30-22-23-32(40-26-18-16-25(17-19-26)24-10-4-3-5-11-24)35-29-13-7-9-15-34(29)41-33-14-8-6-12-27(33)28-20-21-31(39)37(36(30)35)38(28)41/h3-23,40H,1-2H3. The van der Waals surface area contributed by atoms with Crippen LogP contribution in [-0.4, -0.2) is 4.57 Å². The van der Waals surface area contributed by atoms with E-state index in [0.29, 0.717) is 0 Å². The molecule has 41 heavy (non-hydrogen) atoms. The maximum atomic E-state index is 3.84. The predicted molar refractivity (Wildman–Crippen MR) is 172 cm³/mol. The molecule has 9 rings (SSSR count). The Bertz CT molecular complexity index is 2180. The Balaban J connectivity index is 1.33. The number of rotatable bonds is 3. The molecule has 1 aliphatic heterocycles. The van der Waals surface area contributed by atoms with Crippen molar-refractivity contribution in [2.75, 3.05) is 5.32 Å². The van der Waals surface area contributed by atoms with E-state index in [1.54, 1.807) is 0 Å². The van der Waals surface area contributed by atoms with Gasteiger partial charge in [0, 0.05) is 44.3 Å². The second-order valence-electron chi connectivity index (χ2n) is 11.9. The van der Waals surface area contributed by atoms with Crippen LogP contribution in [0.2, 0.25) is 0 Å². The van der Waals surface area contributed by atoms with Crippen molar-refractivity contribution < 1.29 is 0 Å². The van der Waals surface area contributed by atoms with Crippen LogP contribution in [0.1, 0.15) is 25.0 Å². The molecule has 1 aromatic heterocycles. The molecule has 1 N–H and O–H groups in total. The highest BCUT2D eigenvalue weighted by Crippen LogP contribution is 2.59. The Hall–Kier alpha value is -5.08. The van der Waals surface area contributed by atoms with Crippen molar-refractivity contribution in [2.24, 2.45) is 0 Å². The summed E-state index contributed by atoms with van der Waals surface area (Å²) in [6.45, 7) is 4.76. The highest BCUT2D eigenvalue weighted by atomic mass is 15.0. The van der Waals surface area contributed by atoms with Crippen LogP contribution < -0.4 is 5.32 Å². The van der Waals surface area contributed by atoms with Gasteiger partial charge in [-0.15, -0.1) is 0 Å². The fraction of sp³-hybridized carbons (Fsp3) is 0.0769. The normalized spacial score (nSPS) is 13.8. The van der Waals surface area contributed by atoms with Crippen LogP contribution in [0.4, 0.5) is 11.4 Å². The van der Waals surface area contributed by atoms with Gasteiger partial charge in [0.05, 0.1) is 16.7 Å². The third-order valence-electron chi connectivity index (χ3n) is 9.32. The SMILES string of the molecule is CC1(C)c2ccc(Nc3ccc(-c4ccccc4)cc3)c3c2-c2c1ccc1c4ccccc4n(c21)-c1ccccc1-3. The van der Waals surface area contributed by atoms with E-state index < -0.39 is 0 Å². The van der Waals surface area contributed by atoms with Crippen LogP contribution in [0.5, 0.6) is 0 Å². The Kier molecular flexibility index (Phi) is 4.42. The Morgan fingerprint density at radius 2 is 1.22 bits per heavy atom. The van der Waals surface area contributed by atoms with Crippen molar-refractivity contribution in [3.63, 3.8) is 0 Å². The van der Waals surface area contributed by atoms with Crippen molar-refractivity contribution in [3.8, 4) is 39.1 Å². The highest BCUT2D eigenvalue weighted by molar-refractivity contribution is 6.19. The van der Waals surface area contributed by atoms with Gasteiger partial charge in [-0.2, -0.15) is 0 Å². The van der Waals surface area contributed by atoms with Gasteiger partial charge >= 0.3 is 0 Å². The monoisotopic (exact) mass is 524 g/mol. The number of hydrogen-bond donors (Lipinski definition) is 1. The summed E-state index contributed by atoms with van der Waals surface area (Å²) in [5.74, 6) is 0. The zero-order chi connectivity index (χ0) is 27.3. The minimum Gasteiger partial charge on any atom is -0.355 e. The van der Waals surface area contributed by atoms with Gasteiger partial charge in [-0.25, -0.2) is 0 Å². The summed E-state index contributed by atoms with van der Waals surface area (Å²) in [5, 5.41) is 6.46. The first-order valence-electron chi connectivity index (χ1n) is 14.4. The van der Waals surface area contributed by atoms with Crippen LogP contribution in [0.15, 0.2) is 127 Å². The Morgan fingerprint density at radius 3 is 2.07 bits per heavy atom. The molecule has 0 atom stereocenters. The molecular weight excluding hydrogens is 496 g/mol. The maximum absolute atomic E-state index is 3.84. The van der Waals surface area contributed by atoms with Gasteiger partial charge in [-0.3, -0.25) is 0 Å². The fourth-order valence-corrected chi connectivity index (χ4v) is 7.41. The van der Waals surface area contributed by atoms with Crippen LogP contribution >= 0.6 is 0 Å². The smallest absolute Gasteiger partial charge is 0.0623 e. The largest absolute Gasteiger partial charge is 0.355 e. The average Bonchev–Trinajstić information content (AvgIpc) is 3.41. The van der Waals surface area contributed by atoms with E-state index in [9.17, 15) is 0 Å². The quantitative estimate of drug-likeness (QED) is 0.243. The topological polar surface area (TPSA) is 17.0 Å². The molecule has 0 amide bonds. The minimum absolute atomic E-state index is 0.0863. The predicted octanol–water partition coefficient (Wildman–Crippen LogP) is 10.5. The van der Waals surface area contributed by atoms with E-state index in [1.807, 2.05) is 0 Å². The molecule has 0 unspecified atom stereocenters. The highest BCUT2D eigenvalue weighted by Gasteiger charge is 2.41. The summed E-state index contributed by atoms with van der Waals surface area (Å²) in [5.41, 5.74) is 16.5. The van der Waals surface area contributed by atoms with Gasteiger partial charge in [0.15, 0.2) is 0 Å². The lowest BCUT2D eigenvalue weighted by atomic mass is 9.81. The first kappa shape index (κ1) is 22.7. The van der Waals surface area contributed by atoms with Crippen molar-refractivity contribution in [2.45, 2.75) is 19.3 Å². The number of aromatic nitrogens is 1. The molecule has 2 heteroatoms. The van der Waals surface area contributed by atoms with Gasteiger partial charge < -0.3 is 9.88 Å². The lowest BCUT2D eigenvalue weighted by Crippen LogP contribution is -2.15. The van der Waals surface area contributed by atoms with Crippen molar-refractivity contribution in [1.82, 2.24) is 4.57 Å². The second kappa shape index (κ2) is 7.99. The molecular formula is C39H28N2. The number of hydrogen-bond acceptors (Lipinski definition) is 1. The number of nitrogens with zero attached hydrogens (tertiary/aromatic N) is 1. The first-order valence-corrected chi connectivity index (χ1v) is 14.4. The summed E-state index contributed by atoms with van der Waals surface area (Å²) in [6, 6.07) is 46.5. The van der Waals surface area contributed by atoms with E-state index in [1.165, 1.54) is 72.0 Å². The number of anilines is 2. The Labute approximate surface area is 239 Å². The van der Waals surface area contributed by atoms with Crippen LogP contribution in [0, 0.1) is 0 Å². The zero-order valence-electron chi connectivity index (χ0n) is 23.1. The van der Waals surface area contributed by atoms with Gasteiger partial charge in [0.1, 0.15) is 0 Å². The van der Waals surface area contributed by atoms with Crippen LogP contribution in [0.25, 0.3) is 60.9 Å². The van der Waals surface area contributed by atoms with Crippen molar-refractivity contribution >= 4 is 33.2 Å². The first-order chi connectivity index (χ1) is 20.1. The van der Waals surface area contributed by atoms with E-state index in [0.717, 1.165) is 11.4 Å². The third-order valence-corrected chi connectivity index (χ3v) is 9.32. The summed E-state index contributed by atoms with van der Waals surface area (Å²) in [7, 11) is 0. The molecule has 0 bridgehead atoms. The van der Waals surface area contributed by atoms with E-state index >= 15 is 0 Å². The van der Waals surface area contributed by atoms with E-state index in [2.05, 4.69) is 151 Å². The van der Waals surface area contributed by atoms with Crippen LogP contribution in [0.3, 0.4) is 0 Å². The number of nitrogens with one attached hydrogen (secondary N) is 1. The molecule has 194 valence electrons. The molecule has 0 saturated carbocycles. The van der Waals surface area contributed by atoms with E-state index in [4.69, 9.17) is 0 Å². The molecule has 0 fully saturated rings. The average molecular weight is 525 g/mol. The Morgan fingerprint density at radius 1 is 0.537 bits per heavy atom. The number of fused-ring (bicyclic) bond motifs is 6. The van der Waals surface area contributed by atoms with Crippen molar-refractivity contribution in [1.29, 1.82) is 0 Å². The maximum Gasteiger partial charge on any atom is 0.0623 e. The molecule has 2 heterocycles. The summed E-state index contributed by atoms with van der Waals surface area (Å²) >= 11 is 0. The summed E-state index contributed by atoms with van der Waals surface area (Å²) < 4.78 is 2.52. The van der Waals surface area contributed by atoms with Gasteiger partial charge in [-0.05, 0) is 58.1 Å². The lowest BCUT2D eigenvalue weighted by molar-refractivity contribution is 0.661. The molecule has 2 aliphatic rings. The molecule has 1 aliphatic carbocycles. The molecule has 0 saturated heterocycles. The van der Waals surface area contributed by atoms with Gasteiger partial charge in [-0.1, -0.05) is 111 Å². The van der Waals surface area contributed by atoms with E-state index in [-0.39, 0.29) is 5.41 Å². The molecule has 2 nitrogen and oxygen atoms in total. The molecule has 6 aromatic carbocycles. The number of para-hydroxylation sites is 2. The summed E-state index contributed by atoms with van der Waals surface area (Å²) in [4.78, 5) is 0. The van der Waals surface area contributed by atoms with Crippen LogP contribution in [-0.2, 0) is 5.41 Å². The molecule has 0 spiro atoms. The zero-order valence-corrected chi connectivity index (χ0v) is 23.1. The third kappa shape index (κ3) is 2.97.